The molecule has 0 bridgehead atoms. The maximum atomic E-state index is 13.1. The fourth-order valence-electron chi connectivity index (χ4n) is 3.21. The number of aromatic hydroxyl groups is 1. The first kappa shape index (κ1) is 25.8. The number of thiophene rings is 1. The van der Waals surface area contributed by atoms with Crippen LogP contribution in [-0.2, 0) is 16.2 Å². The fourth-order valence-corrected chi connectivity index (χ4v) is 5.99. The van der Waals surface area contributed by atoms with Gasteiger partial charge in [-0.3, -0.25) is 4.79 Å². The smallest absolute Gasteiger partial charge is 0.416 e. The van der Waals surface area contributed by atoms with Crippen molar-refractivity contribution in [1.82, 2.24) is 9.29 Å². The molecule has 0 saturated carbocycles. The van der Waals surface area contributed by atoms with Crippen molar-refractivity contribution >= 4 is 67.1 Å². The lowest BCUT2D eigenvalue weighted by Gasteiger charge is -2.14. The van der Waals surface area contributed by atoms with E-state index < -0.39 is 39.2 Å². The summed E-state index contributed by atoms with van der Waals surface area (Å²) in [6, 6.07) is 8.86. The van der Waals surface area contributed by atoms with E-state index in [4.69, 9.17) is 23.2 Å². The Morgan fingerprint density at radius 1 is 1.03 bits per heavy atom. The summed E-state index contributed by atoms with van der Waals surface area (Å²) >= 11 is 12.2. The topological polar surface area (TPSA) is 118 Å². The van der Waals surface area contributed by atoms with Gasteiger partial charge in [-0.2, -0.15) is 13.2 Å². The number of urea groups is 1. The van der Waals surface area contributed by atoms with E-state index in [1.54, 1.807) is 4.72 Å². The monoisotopic (exact) mass is 577 g/mol. The molecule has 0 unspecified atom stereocenters. The lowest BCUT2D eigenvalue weighted by Crippen LogP contribution is -2.33. The predicted octanol–water partition coefficient (Wildman–Crippen LogP) is 5.59. The number of benzene rings is 2. The summed E-state index contributed by atoms with van der Waals surface area (Å²) in [5.41, 5.74) is -1.51. The summed E-state index contributed by atoms with van der Waals surface area (Å²) in [5.74, 6) is -0.707. The third-order valence-electron chi connectivity index (χ3n) is 4.83. The van der Waals surface area contributed by atoms with Gasteiger partial charge in [-0.15, -0.1) is 11.3 Å². The highest BCUT2D eigenvalue weighted by Crippen LogP contribution is 2.35. The molecule has 2 heterocycles. The number of alkyl halides is 3. The fraction of sp³-hybridized carbons (Fsp3) is 0.0476. The van der Waals surface area contributed by atoms with E-state index in [0.717, 1.165) is 34.9 Å². The minimum absolute atomic E-state index is 0.0138. The highest BCUT2D eigenvalue weighted by Gasteiger charge is 2.31. The summed E-state index contributed by atoms with van der Waals surface area (Å²) < 4.78 is 66.2. The van der Waals surface area contributed by atoms with Crippen LogP contribution in [0.25, 0.3) is 16.5 Å². The van der Waals surface area contributed by atoms with E-state index in [0.29, 0.717) is 11.3 Å². The number of aromatic nitrogens is 1. The first-order valence-corrected chi connectivity index (χ1v) is 12.7. The van der Waals surface area contributed by atoms with Crippen LogP contribution in [-0.4, -0.2) is 24.1 Å². The Kier molecular flexibility index (Phi) is 6.68. The van der Waals surface area contributed by atoms with Crippen LogP contribution >= 0.6 is 34.5 Å². The van der Waals surface area contributed by atoms with Gasteiger partial charge in [-0.25, -0.2) is 22.5 Å². The van der Waals surface area contributed by atoms with Crippen LogP contribution < -0.4 is 15.6 Å². The van der Waals surface area contributed by atoms with Gasteiger partial charge in [-0.1, -0.05) is 29.3 Å². The number of carbonyl (C=O) groups excluding carboxylic acids is 1. The van der Waals surface area contributed by atoms with Crippen molar-refractivity contribution in [3.8, 4) is 11.6 Å². The van der Waals surface area contributed by atoms with Gasteiger partial charge in [0.1, 0.15) is 8.55 Å². The number of rotatable bonds is 4. The number of nitrogens with one attached hydrogen (secondary N) is 2. The Labute approximate surface area is 214 Å². The van der Waals surface area contributed by atoms with E-state index in [2.05, 4.69) is 5.32 Å². The molecule has 3 N–H and O–H groups in total. The van der Waals surface area contributed by atoms with Gasteiger partial charge in [0.15, 0.2) is 0 Å². The van der Waals surface area contributed by atoms with Crippen LogP contribution in [0.3, 0.4) is 0 Å². The summed E-state index contributed by atoms with van der Waals surface area (Å²) in [4.78, 5) is 24.7. The third-order valence-corrected chi connectivity index (χ3v) is 8.50. The maximum absolute atomic E-state index is 13.1. The molecule has 0 radical (unpaired) electrons. The number of hydrogen-bond acceptors (Lipinski definition) is 6. The summed E-state index contributed by atoms with van der Waals surface area (Å²) in [5, 5.41) is 12.8. The van der Waals surface area contributed by atoms with Crippen molar-refractivity contribution in [3.63, 3.8) is 0 Å². The summed E-state index contributed by atoms with van der Waals surface area (Å²) in [6.07, 6.45) is -4.65. The zero-order valence-corrected chi connectivity index (χ0v) is 20.6. The van der Waals surface area contributed by atoms with Crippen LogP contribution in [0, 0.1) is 0 Å². The number of pyridine rings is 1. The quantitative estimate of drug-likeness (QED) is 0.292. The molecular formula is C21H12Cl2F3N3O5S2. The molecule has 2 amide bonds. The van der Waals surface area contributed by atoms with E-state index in [1.807, 2.05) is 0 Å². The van der Waals surface area contributed by atoms with Crippen molar-refractivity contribution in [1.29, 1.82) is 0 Å². The molecule has 0 aliphatic carbocycles. The number of anilines is 1. The van der Waals surface area contributed by atoms with Crippen molar-refractivity contribution in [3.05, 3.63) is 79.9 Å². The molecule has 0 aliphatic heterocycles. The van der Waals surface area contributed by atoms with Gasteiger partial charge in [0.2, 0.25) is 5.88 Å². The van der Waals surface area contributed by atoms with Gasteiger partial charge >= 0.3 is 12.2 Å². The molecule has 0 saturated heterocycles. The Bertz CT molecular complexity index is 1650. The van der Waals surface area contributed by atoms with Crippen LogP contribution in [0.15, 0.2) is 63.6 Å². The Balaban J connectivity index is 1.58. The molecule has 2 aromatic heterocycles. The Hall–Kier alpha value is -3.26. The lowest BCUT2D eigenvalue weighted by atomic mass is 10.1. The molecular weight excluding hydrogens is 566 g/mol. The van der Waals surface area contributed by atoms with E-state index in [9.17, 15) is 36.3 Å². The number of fused-ring (bicyclic) bond motifs is 1. The Morgan fingerprint density at radius 2 is 1.69 bits per heavy atom. The minimum Gasteiger partial charge on any atom is -0.494 e. The molecule has 4 aromatic rings. The van der Waals surface area contributed by atoms with Gasteiger partial charge in [0.05, 0.1) is 16.3 Å². The van der Waals surface area contributed by atoms with Crippen molar-refractivity contribution in [2.45, 2.75) is 10.4 Å². The molecule has 36 heavy (non-hydrogen) atoms. The molecule has 4 rings (SSSR count). The van der Waals surface area contributed by atoms with E-state index >= 15 is 0 Å². The average Bonchev–Trinajstić information content (AvgIpc) is 3.13. The average molecular weight is 578 g/mol. The van der Waals surface area contributed by atoms with Crippen LogP contribution in [0.1, 0.15) is 5.56 Å². The number of nitrogens with zero attached hydrogens (tertiary/aromatic N) is 1. The highest BCUT2D eigenvalue weighted by molar-refractivity contribution is 7.92. The SMILES string of the molecule is O=C(Nc1ccc(-n2c(O)c3cc(C(F)(F)F)ccc3cc2=O)cc1)NS(=O)(=O)c1cc(Cl)c(Cl)s1. The first-order chi connectivity index (χ1) is 16.8. The van der Waals surface area contributed by atoms with Crippen LogP contribution in [0.5, 0.6) is 5.88 Å². The number of hydrogen-bond donors (Lipinski definition) is 3. The molecule has 2 aromatic carbocycles. The summed E-state index contributed by atoms with van der Waals surface area (Å²) in [6.45, 7) is 0. The molecule has 8 nitrogen and oxygen atoms in total. The molecule has 0 fully saturated rings. The Morgan fingerprint density at radius 3 is 2.28 bits per heavy atom. The molecule has 0 aliphatic rings. The molecule has 0 atom stereocenters. The van der Waals surface area contributed by atoms with Gasteiger partial charge in [0, 0.05) is 17.1 Å². The predicted molar refractivity (Wildman–Crippen MR) is 130 cm³/mol. The number of sulfonamides is 1. The second-order valence-corrected chi connectivity index (χ2v) is 11.2. The van der Waals surface area contributed by atoms with Crippen molar-refractivity contribution in [2.24, 2.45) is 0 Å². The molecule has 0 spiro atoms. The zero-order chi connectivity index (χ0) is 26.4. The van der Waals surface area contributed by atoms with Crippen molar-refractivity contribution < 1.29 is 31.5 Å². The largest absolute Gasteiger partial charge is 0.494 e. The maximum Gasteiger partial charge on any atom is 0.416 e. The first-order valence-electron chi connectivity index (χ1n) is 9.61. The number of halogens is 5. The highest BCUT2D eigenvalue weighted by atomic mass is 35.5. The summed E-state index contributed by atoms with van der Waals surface area (Å²) in [7, 11) is -4.25. The zero-order valence-electron chi connectivity index (χ0n) is 17.4. The minimum atomic E-state index is -4.65. The molecule has 188 valence electrons. The standard InChI is InChI=1S/C21H12Cl2F3N3O5S2/c22-15-9-17(35-18(15)23)36(33,34)28-20(32)27-12-3-5-13(6-4-12)29-16(30)7-10-1-2-11(21(24,25)26)8-14(10)19(29)31/h1-9,31H,(H2,27,28,32). The van der Waals surface area contributed by atoms with Gasteiger partial charge in [-0.05, 0) is 47.9 Å². The second-order valence-electron chi connectivity index (χ2n) is 7.23. The van der Waals surface area contributed by atoms with E-state index in [1.165, 1.54) is 24.3 Å². The van der Waals surface area contributed by atoms with Crippen LogP contribution in [0.2, 0.25) is 9.36 Å². The second kappa shape index (κ2) is 9.32. The van der Waals surface area contributed by atoms with E-state index in [-0.39, 0.29) is 35.7 Å². The van der Waals surface area contributed by atoms with Gasteiger partial charge in [0.25, 0.3) is 15.6 Å². The van der Waals surface area contributed by atoms with Crippen LogP contribution in [0.4, 0.5) is 23.7 Å². The normalized spacial score (nSPS) is 12.0. The number of amides is 2. The number of carbonyl (C=O) groups is 1. The third kappa shape index (κ3) is 5.14. The van der Waals surface area contributed by atoms with Crippen molar-refractivity contribution in [2.75, 3.05) is 5.32 Å². The van der Waals surface area contributed by atoms with Gasteiger partial charge < -0.3 is 10.4 Å². The molecule has 15 heteroatoms. The lowest BCUT2D eigenvalue weighted by molar-refractivity contribution is -0.137.